The van der Waals surface area contributed by atoms with E-state index in [4.69, 9.17) is 13.9 Å². The van der Waals surface area contributed by atoms with E-state index in [2.05, 4.69) is 10.3 Å². The summed E-state index contributed by atoms with van der Waals surface area (Å²) in [6.45, 7) is 0. The molecule has 32 heavy (non-hydrogen) atoms. The molecule has 162 valence electrons. The van der Waals surface area contributed by atoms with E-state index in [1.54, 1.807) is 62.8 Å². The number of nitro benzene ring substituents is 1. The number of hydrogen-bond acceptors (Lipinski definition) is 8. The van der Waals surface area contributed by atoms with Gasteiger partial charge in [-0.3, -0.25) is 14.9 Å². The van der Waals surface area contributed by atoms with Crippen molar-refractivity contribution in [1.29, 1.82) is 0 Å². The molecule has 0 unspecified atom stereocenters. The molecule has 9 nitrogen and oxygen atoms in total. The summed E-state index contributed by atoms with van der Waals surface area (Å²) in [7, 11) is 3.10. The second kappa shape index (κ2) is 8.98. The minimum absolute atomic E-state index is 0.00199. The molecule has 10 heteroatoms. The number of rotatable bonds is 6. The maximum Gasteiger partial charge on any atom is 0.269 e. The van der Waals surface area contributed by atoms with Crippen LogP contribution in [0.2, 0.25) is 0 Å². The molecular weight excluding hydrogens is 434 g/mol. The van der Waals surface area contributed by atoms with Gasteiger partial charge in [-0.2, -0.15) is 0 Å². The molecule has 2 heterocycles. The topological polar surface area (TPSA) is 116 Å². The zero-order chi connectivity index (χ0) is 22.7. The Balaban J connectivity index is 1.53. The van der Waals surface area contributed by atoms with Crippen LogP contribution in [0.15, 0.2) is 68.9 Å². The van der Waals surface area contributed by atoms with Crippen molar-refractivity contribution in [2.75, 3.05) is 14.2 Å². The summed E-state index contributed by atoms with van der Waals surface area (Å²) in [6.07, 6.45) is 1.61. The van der Waals surface area contributed by atoms with Gasteiger partial charge in [0.2, 0.25) is 0 Å². The number of nitro groups is 1. The lowest BCUT2D eigenvalue weighted by molar-refractivity contribution is -0.384. The average Bonchev–Trinajstić information content (AvgIpc) is 3.40. The Bertz CT molecular complexity index is 1220. The zero-order valence-corrected chi connectivity index (χ0v) is 17.8. The molecule has 1 saturated heterocycles. The van der Waals surface area contributed by atoms with Crippen LogP contribution in [0.1, 0.15) is 5.76 Å². The number of aliphatic imine (C=N–C) groups is 1. The smallest absolute Gasteiger partial charge is 0.269 e. The molecule has 1 aliphatic rings. The van der Waals surface area contributed by atoms with Crippen molar-refractivity contribution in [2.45, 2.75) is 0 Å². The highest BCUT2D eigenvalue weighted by atomic mass is 32.2. The van der Waals surface area contributed by atoms with Gasteiger partial charge in [-0.1, -0.05) is 0 Å². The monoisotopic (exact) mass is 451 g/mol. The molecule has 2 aromatic carbocycles. The van der Waals surface area contributed by atoms with E-state index < -0.39 is 4.92 Å². The first kappa shape index (κ1) is 21.2. The number of carbonyl (C=O) groups excluding carboxylic acids is 1. The van der Waals surface area contributed by atoms with Crippen molar-refractivity contribution in [3.8, 4) is 22.8 Å². The highest BCUT2D eigenvalue weighted by Crippen LogP contribution is 2.33. The van der Waals surface area contributed by atoms with Crippen molar-refractivity contribution in [3.05, 3.63) is 75.4 Å². The Morgan fingerprint density at radius 3 is 2.38 bits per heavy atom. The number of methoxy groups -OCH3 is 2. The molecule has 1 aliphatic heterocycles. The lowest BCUT2D eigenvalue weighted by Gasteiger charge is -2.05. The normalized spacial score (nSPS) is 15.8. The van der Waals surface area contributed by atoms with Crippen LogP contribution in [0, 0.1) is 10.1 Å². The summed E-state index contributed by atoms with van der Waals surface area (Å²) in [5.41, 5.74) is 1.27. The lowest BCUT2D eigenvalue weighted by Crippen LogP contribution is -2.19. The Morgan fingerprint density at radius 1 is 1.06 bits per heavy atom. The van der Waals surface area contributed by atoms with Crippen molar-refractivity contribution in [3.63, 3.8) is 0 Å². The molecule has 0 aliphatic carbocycles. The van der Waals surface area contributed by atoms with Gasteiger partial charge < -0.3 is 19.2 Å². The summed E-state index contributed by atoms with van der Waals surface area (Å²) in [5, 5.41) is 13.9. The summed E-state index contributed by atoms with van der Waals surface area (Å²) in [6, 6.07) is 14.7. The third kappa shape index (κ3) is 4.65. The third-order valence-corrected chi connectivity index (χ3v) is 5.39. The van der Waals surface area contributed by atoms with Crippen LogP contribution in [-0.2, 0) is 4.79 Å². The number of amides is 1. The SMILES string of the molecule is COc1cc(N=C2NC(=O)/C(=C\c3ccc(-c4ccc([N+](=O)[O-])cc4)o3)S2)cc(OC)c1. The molecule has 0 radical (unpaired) electrons. The minimum atomic E-state index is -0.460. The predicted molar refractivity (Wildman–Crippen MR) is 121 cm³/mol. The van der Waals surface area contributed by atoms with Crippen molar-refractivity contribution < 1.29 is 23.6 Å². The molecule has 0 spiro atoms. The number of benzene rings is 2. The number of carbonyl (C=O) groups is 1. The first-order valence-corrected chi connectivity index (χ1v) is 10.1. The van der Waals surface area contributed by atoms with E-state index in [0.29, 0.717) is 44.3 Å². The summed E-state index contributed by atoms with van der Waals surface area (Å²) in [4.78, 5) is 27.6. The third-order valence-electron chi connectivity index (χ3n) is 4.48. The molecule has 1 N–H and O–H groups in total. The number of hydrogen-bond donors (Lipinski definition) is 1. The summed E-state index contributed by atoms with van der Waals surface area (Å²) in [5.74, 6) is 1.89. The fourth-order valence-corrected chi connectivity index (χ4v) is 3.74. The van der Waals surface area contributed by atoms with Crippen molar-refractivity contribution in [2.24, 2.45) is 4.99 Å². The van der Waals surface area contributed by atoms with E-state index in [9.17, 15) is 14.9 Å². The molecular formula is C22H17N3O6S. The van der Waals surface area contributed by atoms with Crippen molar-refractivity contribution >= 4 is 40.3 Å². The van der Waals surface area contributed by atoms with Gasteiger partial charge in [0.25, 0.3) is 11.6 Å². The van der Waals surface area contributed by atoms with Crippen LogP contribution >= 0.6 is 11.8 Å². The van der Waals surface area contributed by atoms with Gasteiger partial charge in [-0.25, -0.2) is 4.99 Å². The Morgan fingerprint density at radius 2 is 1.75 bits per heavy atom. The molecule has 0 atom stereocenters. The molecule has 0 saturated carbocycles. The molecule has 1 amide bonds. The fraction of sp³-hybridized carbons (Fsp3) is 0.0909. The Kier molecular flexibility index (Phi) is 5.95. The van der Waals surface area contributed by atoms with Crippen LogP contribution < -0.4 is 14.8 Å². The van der Waals surface area contributed by atoms with Crippen LogP contribution in [0.4, 0.5) is 11.4 Å². The second-order valence-electron chi connectivity index (χ2n) is 6.56. The standard InChI is InChI=1S/C22H17N3O6S/c1-29-17-9-14(10-18(11-17)30-2)23-22-24-21(26)20(32-22)12-16-7-8-19(31-16)13-3-5-15(6-4-13)25(27)28/h3-12H,1-2H3,(H,23,24,26)/b20-12+. The van der Waals surface area contributed by atoms with Gasteiger partial charge in [0.05, 0.1) is 29.7 Å². The number of amidine groups is 1. The second-order valence-corrected chi connectivity index (χ2v) is 7.59. The average molecular weight is 451 g/mol. The molecule has 0 bridgehead atoms. The van der Waals surface area contributed by atoms with Gasteiger partial charge in [-0.15, -0.1) is 0 Å². The quantitative estimate of drug-likeness (QED) is 0.326. The maximum absolute atomic E-state index is 12.4. The number of ether oxygens (including phenoxy) is 2. The maximum atomic E-state index is 12.4. The van der Waals surface area contributed by atoms with E-state index in [1.165, 1.54) is 23.9 Å². The molecule has 1 fully saturated rings. The van der Waals surface area contributed by atoms with Crippen molar-refractivity contribution in [1.82, 2.24) is 5.32 Å². The Hall–Kier alpha value is -4.05. The van der Waals surface area contributed by atoms with Gasteiger partial charge in [-0.05, 0) is 36.0 Å². The zero-order valence-electron chi connectivity index (χ0n) is 17.0. The summed E-state index contributed by atoms with van der Waals surface area (Å²) < 4.78 is 16.3. The minimum Gasteiger partial charge on any atom is -0.497 e. The highest BCUT2D eigenvalue weighted by molar-refractivity contribution is 8.18. The van der Waals surface area contributed by atoms with Gasteiger partial charge in [0.1, 0.15) is 23.0 Å². The van der Waals surface area contributed by atoms with Crippen LogP contribution in [0.3, 0.4) is 0 Å². The lowest BCUT2D eigenvalue weighted by atomic mass is 10.1. The van der Waals surface area contributed by atoms with E-state index in [0.717, 1.165) is 0 Å². The number of non-ortho nitro benzene ring substituents is 1. The van der Waals surface area contributed by atoms with Gasteiger partial charge in [0, 0.05) is 42.0 Å². The molecule has 3 aromatic rings. The predicted octanol–water partition coefficient (Wildman–Crippen LogP) is 4.76. The molecule has 1 aromatic heterocycles. The highest BCUT2D eigenvalue weighted by Gasteiger charge is 2.24. The van der Waals surface area contributed by atoms with Crippen LogP contribution in [-0.4, -0.2) is 30.2 Å². The number of thioether (sulfide) groups is 1. The van der Waals surface area contributed by atoms with Gasteiger partial charge in [0.15, 0.2) is 5.17 Å². The van der Waals surface area contributed by atoms with E-state index >= 15 is 0 Å². The first-order valence-electron chi connectivity index (χ1n) is 9.32. The number of nitrogens with one attached hydrogen (secondary N) is 1. The largest absolute Gasteiger partial charge is 0.497 e. The first-order chi connectivity index (χ1) is 15.4. The van der Waals surface area contributed by atoms with Crippen LogP contribution in [0.25, 0.3) is 17.4 Å². The Labute approximate surface area is 186 Å². The van der Waals surface area contributed by atoms with Gasteiger partial charge >= 0.3 is 0 Å². The van der Waals surface area contributed by atoms with Crippen LogP contribution in [0.5, 0.6) is 11.5 Å². The number of furan rings is 1. The van der Waals surface area contributed by atoms with E-state index in [1.807, 2.05) is 0 Å². The fourth-order valence-electron chi connectivity index (χ4n) is 2.92. The number of nitrogens with zero attached hydrogens (tertiary/aromatic N) is 2. The molecule has 4 rings (SSSR count). The van der Waals surface area contributed by atoms with E-state index in [-0.39, 0.29) is 11.6 Å². The summed E-state index contributed by atoms with van der Waals surface area (Å²) >= 11 is 1.18.